The van der Waals surface area contributed by atoms with Crippen LogP contribution in [0.15, 0.2) is 55.1 Å². The van der Waals surface area contributed by atoms with Crippen LogP contribution >= 0.6 is 0 Å². The molecular formula is C11H10O2. The Balaban J connectivity index is 2.65. The standard InChI is InChI=1S/C11H10O2/c1-3-9(2)11(12)13-10-7-5-4-6-8-10/h3-8H,1-2H2. The molecule has 0 amide bonds. The summed E-state index contributed by atoms with van der Waals surface area (Å²) >= 11 is 0. The molecule has 0 bridgehead atoms. The van der Waals surface area contributed by atoms with Crippen LogP contribution in [0.1, 0.15) is 0 Å². The van der Waals surface area contributed by atoms with Crippen LogP contribution < -0.4 is 4.74 Å². The number of hydrogen-bond acceptors (Lipinski definition) is 2. The van der Waals surface area contributed by atoms with E-state index < -0.39 is 5.97 Å². The predicted molar refractivity (Wildman–Crippen MR) is 51.4 cm³/mol. The van der Waals surface area contributed by atoms with Gasteiger partial charge in [0.25, 0.3) is 0 Å². The molecule has 2 nitrogen and oxygen atoms in total. The largest absolute Gasteiger partial charge is 0.423 e. The fourth-order valence-corrected chi connectivity index (χ4v) is 0.744. The lowest BCUT2D eigenvalue weighted by molar-refractivity contribution is -0.129. The highest BCUT2D eigenvalue weighted by molar-refractivity contribution is 5.92. The van der Waals surface area contributed by atoms with Gasteiger partial charge in [0, 0.05) is 0 Å². The van der Waals surface area contributed by atoms with Gasteiger partial charge in [0.1, 0.15) is 5.75 Å². The molecule has 0 spiro atoms. The maximum absolute atomic E-state index is 11.2. The molecule has 1 aromatic rings. The van der Waals surface area contributed by atoms with Gasteiger partial charge in [-0.2, -0.15) is 0 Å². The summed E-state index contributed by atoms with van der Waals surface area (Å²) in [7, 11) is 0. The molecule has 1 aromatic carbocycles. The van der Waals surface area contributed by atoms with Crippen molar-refractivity contribution in [2.75, 3.05) is 0 Å². The van der Waals surface area contributed by atoms with Crippen molar-refractivity contribution in [1.82, 2.24) is 0 Å². The molecule has 0 unspecified atom stereocenters. The minimum Gasteiger partial charge on any atom is -0.423 e. The molecule has 0 aliphatic heterocycles. The lowest BCUT2D eigenvalue weighted by atomic mass is 10.3. The molecule has 0 atom stereocenters. The van der Waals surface area contributed by atoms with Crippen LogP contribution in [0.2, 0.25) is 0 Å². The smallest absolute Gasteiger partial charge is 0.342 e. The Morgan fingerprint density at radius 3 is 2.46 bits per heavy atom. The van der Waals surface area contributed by atoms with Gasteiger partial charge in [0.05, 0.1) is 5.57 Å². The molecule has 0 aliphatic rings. The zero-order valence-corrected chi connectivity index (χ0v) is 7.19. The molecule has 0 heterocycles. The van der Waals surface area contributed by atoms with Crippen LogP contribution in [0.5, 0.6) is 5.75 Å². The number of hydrogen-bond donors (Lipinski definition) is 0. The molecule has 0 saturated heterocycles. The van der Waals surface area contributed by atoms with E-state index in [9.17, 15) is 4.79 Å². The quantitative estimate of drug-likeness (QED) is 0.304. The van der Waals surface area contributed by atoms with E-state index in [2.05, 4.69) is 13.2 Å². The highest BCUT2D eigenvalue weighted by Crippen LogP contribution is 2.10. The summed E-state index contributed by atoms with van der Waals surface area (Å²) in [4.78, 5) is 11.2. The fourth-order valence-electron chi connectivity index (χ4n) is 0.744. The van der Waals surface area contributed by atoms with E-state index in [1.54, 1.807) is 24.3 Å². The Hall–Kier alpha value is -1.83. The summed E-state index contributed by atoms with van der Waals surface area (Å²) < 4.78 is 4.96. The molecule has 0 N–H and O–H groups in total. The van der Waals surface area contributed by atoms with Crippen molar-refractivity contribution >= 4 is 5.97 Å². The van der Waals surface area contributed by atoms with Crippen molar-refractivity contribution in [2.45, 2.75) is 0 Å². The summed E-state index contributed by atoms with van der Waals surface area (Å²) in [6.45, 7) is 6.90. The molecule has 66 valence electrons. The van der Waals surface area contributed by atoms with Gasteiger partial charge < -0.3 is 4.74 Å². The highest BCUT2D eigenvalue weighted by atomic mass is 16.5. The number of para-hydroxylation sites is 1. The molecule has 1 rings (SSSR count). The molecule has 0 aliphatic carbocycles. The summed E-state index contributed by atoms with van der Waals surface area (Å²) in [6, 6.07) is 8.83. The topological polar surface area (TPSA) is 26.3 Å². The monoisotopic (exact) mass is 174 g/mol. The Kier molecular flexibility index (Phi) is 3.03. The third-order valence-corrected chi connectivity index (χ3v) is 1.46. The van der Waals surface area contributed by atoms with E-state index >= 15 is 0 Å². The molecular weight excluding hydrogens is 164 g/mol. The van der Waals surface area contributed by atoms with Crippen LogP contribution in [-0.4, -0.2) is 5.97 Å². The first-order valence-electron chi connectivity index (χ1n) is 3.82. The minimum atomic E-state index is -0.471. The van der Waals surface area contributed by atoms with Gasteiger partial charge in [-0.15, -0.1) is 0 Å². The van der Waals surface area contributed by atoms with E-state index in [-0.39, 0.29) is 5.57 Å². The van der Waals surface area contributed by atoms with Gasteiger partial charge in [-0.3, -0.25) is 0 Å². The fraction of sp³-hybridized carbons (Fsp3) is 0. The van der Waals surface area contributed by atoms with Crippen molar-refractivity contribution in [3.05, 3.63) is 55.1 Å². The van der Waals surface area contributed by atoms with E-state index in [0.29, 0.717) is 5.75 Å². The van der Waals surface area contributed by atoms with Crippen LogP contribution in [0.4, 0.5) is 0 Å². The summed E-state index contributed by atoms with van der Waals surface area (Å²) in [6.07, 6.45) is 1.37. The second kappa shape index (κ2) is 4.26. The number of carbonyl (C=O) groups excluding carboxylic acids is 1. The Morgan fingerprint density at radius 2 is 1.92 bits per heavy atom. The van der Waals surface area contributed by atoms with Gasteiger partial charge in [-0.1, -0.05) is 37.4 Å². The van der Waals surface area contributed by atoms with Gasteiger partial charge in [-0.25, -0.2) is 4.79 Å². The van der Waals surface area contributed by atoms with Gasteiger partial charge >= 0.3 is 5.97 Å². The maximum Gasteiger partial charge on any atom is 0.342 e. The zero-order valence-electron chi connectivity index (χ0n) is 7.19. The number of ether oxygens (including phenoxy) is 1. The predicted octanol–water partition coefficient (Wildman–Crippen LogP) is 2.33. The Bertz CT molecular complexity index is 325. The molecule has 13 heavy (non-hydrogen) atoms. The maximum atomic E-state index is 11.2. The van der Waals surface area contributed by atoms with Gasteiger partial charge in [-0.05, 0) is 12.1 Å². The molecule has 0 radical (unpaired) electrons. The van der Waals surface area contributed by atoms with Gasteiger partial charge in [0.15, 0.2) is 0 Å². The minimum absolute atomic E-state index is 0.254. The van der Waals surface area contributed by atoms with Crippen LogP contribution in [-0.2, 0) is 4.79 Å². The number of rotatable bonds is 3. The van der Waals surface area contributed by atoms with Crippen LogP contribution in [0.25, 0.3) is 0 Å². The van der Waals surface area contributed by atoms with E-state index in [0.717, 1.165) is 0 Å². The Labute approximate surface area is 77.2 Å². The van der Waals surface area contributed by atoms with Crippen LogP contribution in [0, 0.1) is 0 Å². The summed E-state index contributed by atoms with van der Waals surface area (Å²) in [5, 5.41) is 0. The molecule has 0 fully saturated rings. The molecule has 2 heteroatoms. The van der Waals surface area contributed by atoms with Crippen LogP contribution in [0.3, 0.4) is 0 Å². The SMILES string of the molecule is C=CC(=C)C(=O)Oc1ccccc1. The first kappa shape index (κ1) is 9.26. The molecule has 0 saturated carbocycles. The number of esters is 1. The van der Waals surface area contributed by atoms with Gasteiger partial charge in [0.2, 0.25) is 0 Å². The average Bonchev–Trinajstić information content (AvgIpc) is 2.18. The second-order valence-corrected chi connectivity index (χ2v) is 2.43. The third-order valence-electron chi connectivity index (χ3n) is 1.46. The highest BCUT2D eigenvalue weighted by Gasteiger charge is 2.04. The van der Waals surface area contributed by atoms with E-state index in [1.807, 2.05) is 6.07 Å². The number of benzene rings is 1. The van der Waals surface area contributed by atoms with Crippen molar-refractivity contribution in [1.29, 1.82) is 0 Å². The Morgan fingerprint density at radius 1 is 1.31 bits per heavy atom. The normalized spacial score (nSPS) is 8.92. The first-order chi connectivity index (χ1) is 6.24. The second-order valence-electron chi connectivity index (χ2n) is 2.43. The number of carbonyl (C=O) groups is 1. The van der Waals surface area contributed by atoms with E-state index in [4.69, 9.17) is 4.74 Å². The van der Waals surface area contributed by atoms with Crippen molar-refractivity contribution in [3.63, 3.8) is 0 Å². The lowest BCUT2D eigenvalue weighted by Crippen LogP contribution is -2.08. The van der Waals surface area contributed by atoms with Crippen molar-refractivity contribution in [2.24, 2.45) is 0 Å². The lowest BCUT2D eigenvalue weighted by Gasteiger charge is -2.02. The summed E-state index contributed by atoms with van der Waals surface area (Å²) in [5.74, 6) is 0.0386. The first-order valence-corrected chi connectivity index (χ1v) is 3.82. The van der Waals surface area contributed by atoms with Crippen molar-refractivity contribution < 1.29 is 9.53 Å². The third kappa shape index (κ3) is 2.60. The average molecular weight is 174 g/mol. The van der Waals surface area contributed by atoms with E-state index in [1.165, 1.54) is 6.08 Å². The molecule has 0 aromatic heterocycles. The summed E-state index contributed by atoms with van der Waals surface area (Å²) in [5.41, 5.74) is 0.254. The zero-order chi connectivity index (χ0) is 9.68. The van der Waals surface area contributed by atoms with Crippen molar-refractivity contribution in [3.8, 4) is 5.75 Å².